The highest BCUT2D eigenvalue weighted by Gasteiger charge is 2.08. The maximum Gasteiger partial charge on any atom is 0.254 e. The van der Waals surface area contributed by atoms with E-state index in [1.54, 1.807) is 19.5 Å². The van der Waals surface area contributed by atoms with E-state index in [0.717, 1.165) is 24.2 Å². The number of benzene rings is 1. The lowest BCUT2D eigenvalue weighted by Crippen LogP contribution is -2.26. The van der Waals surface area contributed by atoms with Gasteiger partial charge in [0.05, 0.1) is 12.7 Å². The molecule has 2 aromatic rings. The molecule has 0 bridgehead atoms. The molecule has 0 aliphatic rings. The number of nitrogens with zero attached hydrogens (tertiary/aromatic N) is 2. The molecular formula is C18H24N4O2. The SMILES string of the molecule is CCC(C)Nc1ncc(C(=O)NCCc2cccc(OC)c2)cn1. The number of anilines is 1. The number of amides is 1. The van der Waals surface area contributed by atoms with Gasteiger partial charge in [0.25, 0.3) is 5.91 Å². The van der Waals surface area contributed by atoms with Crippen LogP contribution in [0.5, 0.6) is 5.75 Å². The molecule has 0 radical (unpaired) electrons. The molecule has 1 aromatic carbocycles. The Morgan fingerprint density at radius 2 is 2.04 bits per heavy atom. The summed E-state index contributed by atoms with van der Waals surface area (Å²) in [6.07, 6.45) is 4.80. The van der Waals surface area contributed by atoms with Crippen molar-refractivity contribution in [2.24, 2.45) is 0 Å². The minimum absolute atomic E-state index is 0.173. The third-order valence-corrected chi connectivity index (χ3v) is 3.74. The first-order chi connectivity index (χ1) is 11.6. The van der Waals surface area contributed by atoms with E-state index in [1.165, 1.54) is 0 Å². The lowest BCUT2D eigenvalue weighted by Gasteiger charge is -2.11. The fourth-order valence-corrected chi connectivity index (χ4v) is 2.09. The van der Waals surface area contributed by atoms with Crippen molar-refractivity contribution in [1.82, 2.24) is 15.3 Å². The zero-order valence-electron chi connectivity index (χ0n) is 14.4. The van der Waals surface area contributed by atoms with E-state index in [2.05, 4.69) is 34.4 Å². The number of carbonyl (C=O) groups excluding carboxylic acids is 1. The highest BCUT2D eigenvalue weighted by atomic mass is 16.5. The predicted octanol–water partition coefficient (Wildman–Crippen LogP) is 2.67. The molecule has 0 aliphatic heterocycles. The number of rotatable bonds is 8. The van der Waals surface area contributed by atoms with Crippen LogP contribution in [0, 0.1) is 0 Å². The second-order valence-corrected chi connectivity index (χ2v) is 5.61. The maximum atomic E-state index is 12.1. The molecule has 0 spiro atoms. The maximum absolute atomic E-state index is 12.1. The second kappa shape index (κ2) is 8.86. The molecule has 128 valence electrons. The molecule has 6 heteroatoms. The topological polar surface area (TPSA) is 76.1 Å². The van der Waals surface area contributed by atoms with Gasteiger partial charge in [0.15, 0.2) is 0 Å². The predicted molar refractivity (Wildman–Crippen MR) is 94.4 cm³/mol. The third-order valence-electron chi connectivity index (χ3n) is 3.74. The van der Waals surface area contributed by atoms with Gasteiger partial charge in [-0.05, 0) is 37.5 Å². The number of methoxy groups -OCH3 is 1. The normalized spacial score (nSPS) is 11.6. The van der Waals surface area contributed by atoms with Crippen LogP contribution in [0.1, 0.15) is 36.2 Å². The third kappa shape index (κ3) is 5.22. The molecule has 1 amide bonds. The largest absolute Gasteiger partial charge is 0.497 e. The molecular weight excluding hydrogens is 304 g/mol. The van der Waals surface area contributed by atoms with E-state index in [-0.39, 0.29) is 5.91 Å². The van der Waals surface area contributed by atoms with Crippen molar-refractivity contribution in [3.8, 4) is 5.75 Å². The van der Waals surface area contributed by atoms with E-state index in [9.17, 15) is 4.79 Å². The van der Waals surface area contributed by atoms with E-state index >= 15 is 0 Å². The zero-order chi connectivity index (χ0) is 17.4. The standard InChI is InChI=1S/C18H24N4O2/c1-4-13(2)22-18-20-11-15(12-21-18)17(23)19-9-8-14-6-5-7-16(10-14)24-3/h5-7,10-13H,4,8-9H2,1-3H3,(H,19,23)(H,20,21,22). The summed E-state index contributed by atoms with van der Waals surface area (Å²) in [5, 5.41) is 6.04. The summed E-state index contributed by atoms with van der Waals surface area (Å²) in [4.78, 5) is 20.5. The summed E-state index contributed by atoms with van der Waals surface area (Å²) < 4.78 is 5.19. The van der Waals surface area contributed by atoms with Gasteiger partial charge in [0.2, 0.25) is 5.95 Å². The van der Waals surface area contributed by atoms with E-state index in [1.807, 2.05) is 24.3 Å². The van der Waals surface area contributed by atoms with Gasteiger partial charge >= 0.3 is 0 Å². The Balaban J connectivity index is 1.83. The van der Waals surface area contributed by atoms with Crippen molar-refractivity contribution in [3.63, 3.8) is 0 Å². The average molecular weight is 328 g/mol. The molecule has 1 unspecified atom stereocenters. The van der Waals surface area contributed by atoms with Crippen molar-refractivity contribution in [2.45, 2.75) is 32.7 Å². The monoisotopic (exact) mass is 328 g/mol. The Hall–Kier alpha value is -2.63. The summed E-state index contributed by atoms with van der Waals surface area (Å²) in [6, 6.07) is 8.10. The van der Waals surface area contributed by atoms with Crippen LogP contribution < -0.4 is 15.4 Å². The molecule has 0 saturated heterocycles. The molecule has 0 aliphatic carbocycles. The summed E-state index contributed by atoms with van der Waals surface area (Å²) in [6.45, 7) is 4.68. The number of hydrogen-bond acceptors (Lipinski definition) is 5. The molecule has 1 aromatic heterocycles. The Labute approximate surface area is 142 Å². The average Bonchev–Trinajstić information content (AvgIpc) is 2.62. The van der Waals surface area contributed by atoms with Crippen LogP contribution in [0.3, 0.4) is 0 Å². The van der Waals surface area contributed by atoms with Gasteiger partial charge in [-0.15, -0.1) is 0 Å². The Kier molecular flexibility index (Phi) is 6.54. The smallest absolute Gasteiger partial charge is 0.254 e. The Bertz CT molecular complexity index is 658. The molecule has 1 heterocycles. The fourth-order valence-electron chi connectivity index (χ4n) is 2.09. The minimum Gasteiger partial charge on any atom is -0.497 e. The number of aromatic nitrogens is 2. The van der Waals surface area contributed by atoms with Crippen LogP contribution in [0.15, 0.2) is 36.7 Å². The zero-order valence-corrected chi connectivity index (χ0v) is 14.4. The van der Waals surface area contributed by atoms with Crippen molar-refractivity contribution >= 4 is 11.9 Å². The van der Waals surface area contributed by atoms with Crippen molar-refractivity contribution in [1.29, 1.82) is 0 Å². The summed E-state index contributed by atoms with van der Waals surface area (Å²) in [7, 11) is 1.64. The van der Waals surface area contributed by atoms with Gasteiger partial charge in [-0.25, -0.2) is 9.97 Å². The number of hydrogen-bond donors (Lipinski definition) is 2. The first kappa shape index (κ1) is 17.7. The van der Waals surface area contributed by atoms with Crippen LogP contribution in [0.4, 0.5) is 5.95 Å². The Morgan fingerprint density at radius 1 is 1.29 bits per heavy atom. The fraction of sp³-hybridized carbons (Fsp3) is 0.389. The summed E-state index contributed by atoms with van der Waals surface area (Å²) in [5.41, 5.74) is 1.56. The van der Waals surface area contributed by atoms with E-state index < -0.39 is 0 Å². The lowest BCUT2D eigenvalue weighted by atomic mass is 10.1. The molecule has 0 saturated carbocycles. The van der Waals surface area contributed by atoms with Crippen LogP contribution in [0.2, 0.25) is 0 Å². The van der Waals surface area contributed by atoms with Crippen LogP contribution >= 0.6 is 0 Å². The van der Waals surface area contributed by atoms with Gasteiger partial charge < -0.3 is 15.4 Å². The second-order valence-electron chi connectivity index (χ2n) is 5.61. The van der Waals surface area contributed by atoms with Gasteiger partial charge in [-0.2, -0.15) is 0 Å². The van der Waals surface area contributed by atoms with Crippen LogP contribution in [-0.2, 0) is 6.42 Å². The number of ether oxygens (including phenoxy) is 1. The van der Waals surface area contributed by atoms with E-state index in [0.29, 0.717) is 24.1 Å². The quantitative estimate of drug-likeness (QED) is 0.779. The van der Waals surface area contributed by atoms with E-state index in [4.69, 9.17) is 4.74 Å². The molecule has 2 N–H and O–H groups in total. The highest BCUT2D eigenvalue weighted by molar-refractivity contribution is 5.93. The number of carbonyl (C=O) groups is 1. The summed E-state index contributed by atoms with van der Waals surface area (Å²) >= 11 is 0. The number of nitrogens with one attached hydrogen (secondary N) is 2. The van der Waals surface area contributed by atoms with Crippen molar-refractivity contribution in [3.05, 3.63) is 47.8 Å². The minimum atomic E-state index is -0.173. The molecule has 24 heavy (non-hydrogen) atoms. The van der Waals surface area contributed by atoms with Gasteiger partial charge in [-0.1, -0.05) is 19.1 Å². The Morgan fingerprint density at radius 3 is 2.71 bits per heavy atom. The highest BCUT2D eigenvalue weighted by Crippen LogP contribution is 2.12. The van der Waals surface area contributed by atoms with Gasteiger partial charge in [0, 0.05) is 25.0 Å². The van der Waals surface area contributed by atoms with Gasteiger partial charge in [-0.3, -0.25) is 4.79 Å². The lowest BCUT2D eigenvalue weighted by molar-refractivity contribution is 0.0953. The first-order valence-corrected chi connectivity index (χ1v) is 8.12. The van der Waals surface area contributed by atoms with Gasteiger partial charge in [0.1, 0.15) is 5.75 Å². The van der Waals surface area contributed by atoms with Crippen molar-refractivity contribution in [2.75, 3.05) is 19.0 Å². The molecule has 0 fully saturated rings. The molecule has 6 nitrogen and oxygen atoms in total. The van der Waals surface area contributed by atoms with Crippen LogP contribution in [-0.4, -0.2) is 35.6 Å². The first-order valence-electron chi connectivity index (χ1n) is 8.12. The molecule has 1 atom stereocenters. The molecule has 2 rings (SSSR count). The summed E-state index contributed by atoms with van der Waals surface area (Å²) in [5.74, 6) is 1.18. The van der Waals surface area contributed by atoms with Crippen LogP contribution in [0.25, 0.3) is 0 Å². The van der Waals surface area contributed by atoms with Crippen molar-refractivity contribution < 1.29 is 9.53 Å².